The Morgan fingerprint density at radius 2 is 2.17 bits per heavy atom. The molecule has 0 spiro atoms. The minimum atomic E-state index is 0.0796. The molecule has 7 heteroatoms. The molecule has 1 saturated carbocycles. The van der Waals surface area contributed by atoms with E-state index in [-0.39, 0.29) is 6.61 Å². The van der Waals surface area contributed by atoms with E-state index in [0.29, 0.717) is 19.1 Å². The quantitative estimate of drug-likeness (QED) is 0.690. The van der Waals surface area contributed by atoms with Crippen molar-refractivity contribution in [3.05, 3.63) is 35.3 Å². The number of thiazole rings is 1. The van der Waals surface area contributed by atoms with E-state index >= 15 is 0 Å². The number of aromatic nitrogens is 3. The molecule has 126 valence electrons. The fourth-order valence-electron chi connectivity index (χ4n) is 2.85. The lowest BCUT2D eigenvalue weighted by molar-refractivity contribution is 0.310. The van der Waals surface area contributed by atoms with E-state index in [1.807, 2.05) is 18.2 Å². The van der Waals surface area contributed by atoms with Gasteiger partial charge < -0.3 is 19.9 Å². The number of nitrogens with one attached hydrogen (secondary N) is 1. The molecular formula is C17H21N5OS. The Labute approximate surface area is 144 Å². The number of benzene rings is 1. The van der Waals surface area contributed by atoms with Crippen molar-refractivity contribution >= 4 is 33.5 Å². The average molecular weight is 343 g/mol. The zero-order chi connectivity index (χ0) is 16.5. The second kappa shape index (κ2) is 6.41. The molecule has 1 fully saturated rings. The third kappa shape index (κ3) is 2.97. The van der Waals surface area contributed by atoms with Gasteiger partial charge in [-0.05, 0) is 25.0 Å². The molecule has 4 rings (SSSR count). The Hall–Kier alpha value is -2.12. The normalized spacial score (nSPS) is 14.2. The lowest BCUT2D eigenvalue weighted by Crippen LogP contribution is -2.19. The van der Waals surface area contributed by atoms with Gasteiger partial charge in [-0.25, -0.2) is 9.97 Å². The largest absolute Gasteiger partial charge is 0.395 e. The topological polar surface area (TPSA) is 66.2 Å². The Morgan fingerprint density at radius 3 is 2.96 bits per heavy atom. The van der Waals surface area contributed by atoms with E-state index in [1.165, 1.54) is 12.8 Å². The number of rotatable bonds is 7. The van der Waals surface area contributed by atoms with Crippen molar-refractivity contribution in [3.8, 4) is 0 Å². The van der Waals surface area contributed by atoms with Crippen LogP contribution in [0, 0.1) is 0 Å². The first-order valence-electron chi connectivity index (χ1n) is 8.23. The number of aliphatic hydroxyl groups is 1. The number of hydrogen-bond donors (Lipinski definition) is 2. The van der Waals surface area contributed by atoms with E-state index in [2.05, 4.69) is 38.3 Å². The Morgan fingerprint density at radius 1 is 1.33 bits per heavy atom. The molecule has 1 aliphatic rings. The van der Waals surface area contributed by atoms with Crippen molar-refractivity contribution in [2.75, 3.05) is 30.4 Å². The molecule has 6 nitrogen and oxygen atoms in total. The number of fused-ring (bicyclic) bond motifs is 1. The molecule has 0 bridgehead atoms. The minimum Gasteiger partial charge on any atom is -0.395 e. The van der Waals surface area contributed by atoms with Crippen molar-refractivity contribution in [1.82, 2.24) is 14.5 Å². The van der Waals surface area contributed by atoms with Gasteiger partial charge in [-0.3, -0.25) is 0 Å². The van der Waals surface area contributed by atoms with Gasteiger partial charge in [-0.2, -0.15) is 0 Å². The molecule has 2 heterocycles. The number of para-hydroxylation sites is 2. The lowest BCUT2D eigenvalue weighted by atomic mass is 10.3. The van der Waals surface area contributed by atoms with Gasteiger partial charge in [-0.15, -0.1) is 11.3 Å². The zero-order valence-corrected chi connectivity index (χ0v) is 14.5. The summed E-state index contributed by atoms with van der Waals surface area (Å²) >= 11 is 1.70. The lowest BCUT2D eigenvalue weighted by Gasteiger charge is -2.13. The van der Waals surface area contributed by atoms with Gasteiger partial charge in [0.25, 0.3) is 0 Å². The maximum absolute atomic E-state index is 9.09. The summed E-state index contributed by atoms with van der Waals surface area (Å²) in [6, 6.07) is 8.74. The van der Waals surface area contributed by atoms with Crippen molar-refractivity contribution in [3.63, 3.8) is 0 Å². The smallest absolute Gasteiger partial charge is 0.204 e. The van der Waals surface area contributed by atoms with Gasteiger partial charge in [0.2, 0.25) is 5.95 Å². The summed E-state index contributed by atoms with van der Waals surface area (Å²) in [7, 11) is 2.13. The number of hydrogen-bond acceptors (Lipinski definition) is 6. The predicted octanol–water partition coefficient (Wildman–Crippen LogP) is 2.54. The first-order valence-corrected chi connectivity index (χ1v) is 9.11. The van der Waals surface area contributed by atoms with Crippen LogP contribution in [-0.2, 0) is 6.54 Å². The second-order valence-electron chi connectivity index (χ2n) is 6.12. The van der Waals surface area contributed by atoms with Gasteiger partial charge in [0.05, 0.1) is 29.9 Å². The number of aliphatic hydroxyl groups excluding tert-OH is 1. The highest BCUT2D eigenvalue weighted by atomic mass is 32.1. The summed E-state index contributed by atoms with van der Waals surface area (Å²) in [5.41, 5.74) is 3.06. The first kappa shape index (κ1) is 15.4. The van der Waals surface area contributed by atoms with Crippen molar-refractivity contribution in [1.29, 1.82) is 0 Å². The van der Waals surface area contributed by atoms with E-state index in [1.54, 1.807) is 11.3 Å². The van der Waals surface area contributed by atoms with Crippen LogP contribution in [0.5, 0.6) is 0 Å². The highest BCUT2D eigenvalue weighted by Crippen LogP contribution is 2.32. The Bertz CT molecular complexity index is 838. The maximum atomic E-state index is 9.09. The van der Waals surface area contributed by atoms with Crippen LogP contribution in [0.3, 0.4) is 0 Å². The molecule has 24 heavy (non-hydrogen) atoms. The molecule has 0 aliphatic heterocycles. The zero-order valence-electron chi connectivity index (χ0n) is 13.6. The van der Waals surface area contributed by atoms with Gasteiger partial charge >= 0.3 is 0 Å². The molecule has 0 radical (unpaired) electrons. The van der Waals surface area contributed by atoms with E-state index in [4.69, 9.17) is 10.1 Å². The second-order valence-corrected chi connectivity index (χ2v) is 6.96. The van der Waals surface area contributed by atoms with Crippen LogP contribution in [-0.4, -0.2) is 45.9 Å². The monoisotopic (exact) mass is 343 g/mol. The standard InChI is InChI=1S/C17H21N5OS/c1-21(13-6-7-13)17-19-12(11-24-17)10-22-15-5-3-2-4-14(15)20-16(22)18-8-9-23/h2-5,11,13,23H,6-10H2,1H3,(H,18,20). The van der Waals surface area contributed by atoms with E-state index in [9.17, 15) is 0 Å². The van der Waals surface area contributed by atoms with Crippen LogP contribution >= 0.6 is 11.3 Å². The summed E-state index contributed by atoms with van der Waals surface area (Å²) in [6.45, 7) is 1.23. The Kier molecular flexibility index (Phi) is 4.12. The highest BCUT2D eigenvalue weighted by molar-refractivity contribution is 7.13. The molecule has 3 aromatic rings. The van der Waals surface area contributed by atoms with Crippen molar-refractivity contribution < 1.29 is 5.11 Å². The molecular weight excluding hydrogens is 322 g/mol. The highest BCUT2D eigenvalue weighted by Gasteiger charge is 2.28. The molecule has 0 amide bonds. The molecule has 0 saturated heterocycles. The van der Waals surface area contributed by atoms with Crippen molar-refractivity contribution in [2.24, 2.45) is 0 Å². The van der Waals surface area contributed by atoms with Gasteiger partial charge in [-0.1, -0.05) is 12.1 Å². The Balaban J connectivity index is 1.63. The summed E-state index contributed by atoms with van der Waals surface area (Å²) < 4.78 is 2.13. The first-order chi connectivity index (χ1) is 11.8. The molecule has 0 atom stereocenters. The molecule has 2 aromatic heterocycles. The van der Waals surface area contributed by atoms with Gasteiger partial charge in [0, 0.05) is 25.0 Å². The van der Waals surface area contributed by atoms with Gasteiger partial charge in [0.15, 0.2) is 5.13 Å². The van der Waals surface area contributed by atoms with Crippen LogP contribution in [0.15, 0.2) is 29.6 Å². The fraction of sp³-hybridized carbons (Fsp3) is 0.412. The SMILES string of the molecule is CN(c1nc(Cn2c(NCCO)nc3ccccc32)cs1)C1CC1. The number of imidazole rings is 1. The average Bonchev–Trinajstić information content (AvgIpc) is 3.25. The maximum Gasteiger partial charge on any atom is 0.204 e. The fourth-order valence-corrected chi connectivity index (χ4v) is 3.70. The van der Waals surface area contributed by atoms with Crippen LogP contribution in [0.2, 0.25) is 0 Å². The number of nitrogens with zero attached hydrogens (tertiary/aromatic N) is 4. The molecule has 1 aromatic carbocycles. The van der Waals surface area contributed by atoms with Crippen LogP contribution < -0.4 is 10.2 Å². The summed E-state index contributed by atoms with van der Waals surface area (Å²) in [4.78, 5) is 11.7. The minimum absolute atomic E-state index is 0.0796. The predicted molar refractivity (Wildman–Crippen MR) is 97.9 cm³/mol. The van der Waals surface area contributed by atoms with E-state index in [0.717, 1.165) is 27.8 Å². The summed E-state index contributed by atoms with van der Waals surface area (Å²) in [5.74, 6) is 0.773. The van der Waals surface area contributed by atoms with Crippen LogP contribution in [0.4, 0.5) is 11.1 Å². The summed E-state index contributed by atoms with van der Waals surface area (Å²) in [6.07, 6.45) is 2.54. The molecule has 1 aliphatic carbocycles. The van der Waals surface area contributed by atoms with Gasteiger partial charge in [0.1, 0.15) is 0 Å². The summed E-state index contributed by atoms with van der Waals surface area (Å²) in [5, 5.41) is 15.5. The van der Waals surface area contributed by atoms with Crippen LogP contribution in [0.1, 0.15) is 18.5 Å². The van der Waals surface area contributed by atoms with Crippen molar-refractivity contribution in [2.45, 2.75) is 25.4 Å². The molecule has 0 unspecified atom stereocenters. The third-order valence-electron chi connectivity index (χ3n) is 4.31. The number of anilines is 2. The third-order valence-corrected chi connectivity index (χ3v) is 5.29. The van der Waals surface area contributed by atoms with E-state index < -0.39 is 0 Å². The van der Waals surface area contributed by atoms with Crippen LogP contribution in [0.25, 0.3) is 11.0 Å². The molecule has 2 N–H and O–H groups in total.